The maximum Gasteiger partial charge on any atom is 0.303 e. The van der Waals surface area contributed by atoms with E-state index in [9.17, 15) is 9.59 Å². The Kier molecular flexibility index (Phi) is 7.09. The molecule has 0 fully saturated rings. The molecule has 2 N–H and O–H groups in total. The summed E-state index contributed by atoms with van der Waals surface area (Å²) in [6.07, 6.45) is 3.66. The first-order chi connectivity index (χ1) is 10.3. The predicted molar refractivity (Wildman–Crippen MR) is 87.9 cm³/mol. The molecule has 0 saturated heterocycles. The van der Waals surface area contributed by atoms with Crippen molar-refractivity contribution in [2.24, 2.45) is 0 Å². The summed E-state index contributed by atoms with van der Waals surface area (Å²) in [5.74, 6) is -0.713. The van der Waals surface area contributed by atoms with E-state index in [4.69, 9.17) is 5.11 Å². The molecule has 4 nitrogen and oxygen atoms in total. The van der Waals surface area contributed by atoms with Crippen LogP contribution in [0.4, 0.5) is 0 Å². The second kappa shape index (κ2) is 8.57. The SMILES string of the molecule is Cc1ccc(C(C)(C)C(=O)NCCCCCCC(=O)O)cc1. The van der Waals surface area contributed by atoms with Crippen LogP contribution in [0, 0.1) is 6.92 Å². The number of aliphatic carboxylic acids is 1. The molecule has 1 aromatic rings. The zero-order chi connectivity index (χ0) is 16.6. The van der Waals surface area contributed by atoms with Crippen molar-refractivity contribution in [1.82, 2.24) is 5.32 Å². The minimum absolute atomic E-state index is 0.0295. The summed E-state index contributed by atoms with van der Waals surface area (Å²) in [6.45, 7) is 6.53. The highest BCUT2D eigenvalue weighted by Crippen LogP contribution is 2.23. The van der Waals surface area contributed by atoms with E-state index in [0.717, 1.165) is 24.8 Å². The van der Waals surface area contributed by atoms with Gasteiger partial charge in [0.25, 0.3) is 0 Å². The normalized spacial score (nSPS) is 11.2. The minimum Gasteiger partial charge on any atom is -0.481 e. The van der Waals surface area contributed by atoms with Gasteiger partial charge in [0.15, 0.2) is 0 Å². The van der Waals surface area contributed by atoms with Gasteiger partial charge in [0, 0.05) is 13.0 Å². The Morgan fingerprint density at radius 1 is 1.05 bits per heavy atom. The second-order valence-corrected chi connectivity index (χ2v) is 6.30. The Labute approximate surface area is 132 Å². The molecule has 0 bridgehead atoms. The number of nitrogens with one attached hydrogen (secondary N) is 1. The van der Waals surface area contributed by atoms with Gasteiger partial charge in [-0.15, -0.1) is 0 Å². The molecule has 0 unspecified atom stereocenters. The van der Waals surface area contributed by atoms with Crippen LogP contribution in [0.2, 0.25) is 0 Å². The zero-order valence-electron chi connectivity index (χ0n) is 13.8. The lowest BCUT2D eigenvalue weighted by Gasteiger charge is -2.24. The first-order valence-corrected chi connectivity index (χ1v) is 7.91. The molecule has 0 heterocycles. The number of carboxylic acids is 1. The average molecular weight is 305 g/mol. The predicted octanol–water partition coefficient (Wildman–Crippen LogP) is 3.42. The van der Waals surface area contributed by atoms with Crippen LogP contribution in [-0.2, 0) is 15.0 Å². The average Bonchev–Trinajstić information content (AvgIpc) is 2.46. The van der Waals surface area contributed by atoms with Gasteiger partial charge in [-0.25, -0.2) is 0 Å². The monoisotopic (exact) mass is 305 g/mol. The first-order valence-electron chi connectivity index (χ1n) is 7.91. The van der Waals surface area contributed by atoms with E-state index in [1.54, 1.807) is 0 Å². The second-order valence-electron chi connectivity index (χ2n) is 6.30. The molecule has 22 heavy (non-hydrogen) atoms. The van der Waals surface area contributed by atoms with Gasteiger partial charge in [-0.1, -0.05) is 42.7 Å². The van der Waals surface area contributed by atoms with Gasteiger partial charge in [-0.3, -0.25) is 9.59 Å². The molecule has 0 aliphatic carbocycles. The maximum atomic E-state index is 12.3. The van der Waals surface area contributed by atoms with E-state index in [-0.39, 0.29) is 12.3 Å². The molecule has 1 aromatic carbocycles. The van der Waals surface area contributed by atoms with Crippen LogP contribution in [0.5, 0.6) is 0 Å². The molecular weight excluding hydrogens is 278 g/mol. The Hall–Kier alpha value is -1.84. The van der Waals surface area contributed by atoms with E-state index >= 15 is 0 Å². The molecular formula is C18H27NO3. The fourth-order valence-electron chi connectivity index (χ4n) is 2.28. The van der Waals surface area contributed by atoms with Crippen molar-refractivity contribution in [1.29, 1.82) is 0 Å². The summed E-state index contributed by atoms with van der Waals surface area (Å²) in [7, 11) is 0. The number of unbranched alkanes of at least 4 members (excludes halogenated alkanes) is 3. The van der Waals surface area contributed by atoms with Gasteiger partial charge in [-0.05, 0) is 39.2 Å². The number of rotatable bonds is 9. The molecule has 4 heteroatoms. The van der Waals surface area contributed by atoms with Gasteiger partial charge < -0.3 is 10.4 Å². The van der Waals surface area contributed by atoms with Crippen LogP contribution in [0.1, 0.15) is 57.1 Å². The van der Waals surface area contributed by atoms with Gasteiger partial charge in [0.1, 0.15) is 0 Å². The number of benzene rings is 1. The maximum absolute atomic E-state index is 12.3. The van der Waals surface area contributed by atoms with Gasteiger partial charge in [0.2, 0.25) is 5.91 Å². The fourth-order valence-corrected chi connectivity index (χ4v) is 2.28. The Balaban J connectivity index is 2.32. The number of hydrogen-bond acceptors (Lipinski definition) is 2. The van der Waals surface area contributed by atoms with E-state index in [2.05, 4.69) is 5.32 Å². The van der Waals surface area contributed by atoms with E-state index < -0.39 is 11.4 Å². The highest BCUT2D eigenvalue weighted by Gasteiger charge is 2.29. The number of aryl methyl sites for hydroxylation is 1. The third-order valence-electron chi connectivity index (χ3n) is 3.94. The highest BCUT2D eigenvalue weighted by atomic mass is 16.4. The lowest BCUT2D eigenvalue weighted by Crippen LogP contribution is -2.40. The molecule has 0 atom stereocenters. The molecule has 1 rings (SSSR count). The summed E-state index contributed by atoms with van der Waals surface area (Å²) in [4.78, 5) is 22.7. The molecule has 0 spiro atoms. The van der Waals surface area contributed by atoms with Crippen LogP contribution < -0.4 is 5.32 Å². The van der Waals surface area contributed by atoms with Crippen LogP contribution in [0.3, 0.4) is 0 Å². The number of hydrogen-bond donors (Lipinski definition) is 2. The molecule has 0 aliphatic heterocycles. The van der Waals surface area contributed by atoms with Crippen LogP contribution in [0.15, 0.2) is 24.3 Å². The summed E-state index contributed by atoms with van der Waals surface area (Å²) in [5, 5.41) is 11.5. The Morgan fingerprint density at radius 3 is 2.23 bits per heavy atom. The molecule has 0 radical (unpaired) electrons. The Morgan fingerprint density at radius 2 is 1.64 bits per heavy atom. The fraction of sp³-hybridized carbons (Fsp3) is 0.556. The highest BCUT2D eigenvalue weighted by molar-refractivity contribution is 5.87. The number of carbonyl (C=O) groups excluding carboxylic acids is 1. The van der Waals surface area contributed by atoms with Crippen LogP contribution in [0.25, 0.3) is 0 Å². The van der Waals surface area contributed by atoms with Gasteiger partial charge >= 0.3 is 5.97 Å². The largest absolute Gasteiger partial charge is 0.481 e. The van der Waals surface area contributed by atoms with Crippen molar-refractivity contribution in [3.63, 3.8) is 0 Å². The lowest BCUT2D eigenvalue weighted by molar-refractivity contribution is -0.137. The molecule has 0 aromatic heterocycles. The quantitative estimate of drug-likeness (QED) is 0.687. The van der Waals surface area contributed by atoms with Crippen LogP contribution in [-0.4, -0.2) is 23.5 Å². The van der Waals surface area contributed by atoms with Gasteiger partial charge in [0.05, 0.1) is 5.41 Å². The number of carboxylic acid groups (broad SMARTS) is 1. The summed E-state index contributed by atoms with van der Waals surface area (Å²) in [5.41, 5.74) is 1.65. The minimum atomic E-state index is -0.742. The van der Waals surface area contributed by atoms with Crippen molar-refractivity contribution in [2.75, 3.05) is 6.54 Å². The van der Waals surface area contributed by atoms with Crippen LogP contribution >= 0.6 is 0 Å². The van der Waals surface area contributed by atoms with E-state index in [0.29, 0.717) is 13.0 Å². The topological polar surface area (TPSA) is 66.4 Å². The third kappa shape index (κ3) is 5.88. The summed E-state index contributed by atoms with van der Waals surface area (Å²) in [6, 6.07) is 8.04. The number of carbonyl (C=O) groups is 2. The number of amides is 1. The molecule has 1 amide bonds. The standard InChI is InChI=1S/C18H27NO3/c1-14-9-11-15(12-10-14)18(2,3)17(22)19-13-7-5-4-6-8-16(20)21/h9-12H,4-8,13H2,1-3H3,(H,19,22)(H,20,21). The van der Waals surface area contributed by atoms with E-state index in [1.807, 2.05) is 45.0 Å². The Bertz CT molecular complexity index is 492. The van der Waals surface area contributed by atoms with Gasteiger partial charge in [-0.2, -0.15) is 0 Å². The third-order valence-corrected chi connectivity index (χ3v) is 3.94. The lowest BCUT2D eigenvalue weighted by atomic mass is 9.83. The molecule has 0 saturated carbocycles. The van der Waals surface area contributed by atoms with Crippen molar-refractivity contribution in [3.05, 3.63) is 35.4 Å². The van der Waals surface area contributed by atoms with Crippen molar-refractivity contribution in [2.45, 2.75) is 58.3 Å². The van der Waals surface area contributed by atoms with E-state index in [1.165, 1.54) is 5.56 Å². The smallest absolute Gasteiger partial charge is 0.303 e. The molecule has 0 aliphatic rings. The summed E-state index contributed by atoms with van der Waals surface area (Å²) < 4.78 is 0. The van der Waals surface area contributed by atoms with Crippen molar-refractivity contribution < 1.29 is 14.7 Å². The summed E-state index contributed by atoms with van der Waals surface area (Å²) >= 11 is 0. The zero-order valence-corrected chi connectivity index (χ0v) is 13.8. The van der Waals surface area contributed by atoms with Crippen molar-refractivity contribution in [3.8, 4) is 0 Å². The molecule has 122 valence electrons. The van der Waals surface area contributed by atoms with Crippen molar-refractivity contribution >= 4 is 11.9 Å². The first kappa shape index (κ1) is 18.2.